The number of fused-ring (bicyclic) bond motifs is 8. The van der Waals surface area contributed by atoms with Crippen LogP contribution in [0.4, 0.5) is 10.1 Å². The maximum atomic E-state index is 17.7. The average Bonchev–Trinajstić information content (AvgIpc) is 3.64. The Morgan fingerprint density at radius 1 is 0.984 bits per heavy atom. The molecule has 3 saturated carbocycles. The molecule has 4 fully saturated rings. The molecule has 3 unspecified atom stereocenters. The molecule has 8 rings (SSSR count). The second-order valence-corrected chi connectivity index (χ2v) is 18.6. The van der Waals surface area contributed by atoms with Crippen molar-refractivity contribution in [2.45, 2.75) is 108 Å². The van der Waals surface area contributed by atoms with Gasteiger partial charge in [-0.1, -0.05) is 48.9 Å². The zero-order valence-electron chi connectivity index (χ0n) is 35.9. The van der Waals surface area contributed by atoms with Gasteiger partial charge < -0.3 is 29.4 Å². The normalized spacial score (nSPS) is 32.2. The number of ether oxygens (including phenoxy) is 4. The van der Waals surface area contributed by atoms with E-state index in [4.69, 9.17) is 18.9 Å². The molecule has 328 valence electrons. The van der Waals surface area contributed by atoms with Gasteiger partial charge in [-0.05, 0) is 113 Å². The highest BCUT2D eigenvalue weighted by atomic mass is 19.1. The quantitative estimate of drug-likeness (QED) is 0.196. The van der Waals surface area contributed by atoms with Gasteiger partial charge in [-0.2, -0.15) is 0 Å². The largest absolute Gasteiger partial charge is 0.461 e. The number of halogens is 1. The molecule has 9 atom stereocenters. The van der Waals surface area contributed by atoms with Crippen molar-refractivity contribution in [3.63, 3.8) is 0 Å². The summed E-state index contributed by atoms with van der Waals surface area (Å²) in [7, 11) is 3.63. The van der Waals surface area contributed by atoms with Gasteiger partial charge in [-0.3, -0.25) is 33.9 Å². The monoisotopic (exact) mass is 851 g/mol. The number of alkyl halides is 1. The summed E-state index contributed by atoms with van der Waals surface area (Å²) < 4.78 is 41.5. The minimum absolute atomic E-state index is 0.0631. The third-order valence-corrected chi connectivity index (χ3v) is 14.3. The lowest BCUT2D eigenvalue weighted by molar-refractivity contribution is -0.246. The van der Waals surface area contributed by atoms with Crippen LogP contribution in [0.2, 0.25) is 0 Å². The number of ketones is 2. The summed E-state index contributed by atoms with van der Waals surface area (Å²) in [6.07, 6.45) is 5.99. The first-order valence-corrected chi connectivity index (χ1v) is 21.2. The molecule has 14 heteroatoms. The molecule has 5 aliphatic rings. The van der Waals surface area contributed by atoms with E-state index in [-0.39, 0.29) is 37.6 Å². The van der Waals surface area contributed by atoms with Crippen LogP contribution in [-0.4, -0.2) is 94.4 Å². The molecular formula is C48H54FN3O10. The number of nitrogens with zero attached hydrogens (tertiary/aromatic N) is 2. The lowest BCUT2D eigenvalue weighted by atomic mass is 9.44. The number of aliphatic hydroxyl groups excluding tert-OH is 1. The number of amides is 1. The molecule has 2 N–H and O–H groups in total. The average molecular weight is 852 g/mol. The number of aliphatic hydroxyl groups is 1. The predicted molar refractivity (Wildman–Crippen MR) is 225 cm³/mol. The number of hydrogen-bond acceptors (Lipinski definition) is 12. The van der Waals surface area contributed by atoms with Crippen LogP contribution in [0.3, 0.4) is 0 Å². The zero-order valence-corrected chi connectivity index (χ0v) is 35.9. The van der Waals surface area contributed by atoms with Crippen LogP contribution in [0.1, 0.15) is 83.4 Å². The van der Waals surface area contributed by atoms with Crippen molar-refractivity contribution in [2.24, 2.45) is 22.7 Å². The third kappa shape index (κ3) is 7.18. The highest BCUT2D eigenvalue weighted by Crippen LogP contribution is 2.72. The van der Waals surface area contributed by atoms with Gasteiger partial charge >= 0.3 is 11.9 Å². The molecule has 62 heavy (non-hydrogen) atoms. The Labute approximate surface area is 360 Å². The van der Waals surface area contributed by atoms with Crippen LogP contribution in [0.15, 0.2) is 84.7 Å². The Balaban J connectivity index is 0.857. The van der Waals surface area contributed by atoms with Gasteiger partial charge in [0.25, 0.3) is 0 Å². The van der Waals surface area contributed by atoms with E-state index in [0.29, 0.717) is 36.1 Å². The molecule has 4 aliphatic carbocycles. The molecule has 1 saturated heterocycles. The molecule has 13 nitrogen and oxygen atoms in total. The molecule has 1 aliphatic heterocycles. The van der Waals surface area contributed by atoms with E-state index in [1.807, 2.05) is 45.3 Å². The fraction of sp³-hybridized carbons (Fsp3) is 0.500. The summed E-state index contributed by atoms with van der Waals surface area (Å²) in [5.74, 6) is -4.69. The number of nitrogens with one attached hydrogen (secondary N) is 1. The first kappa shape index (κ1) is 43.5. The summed E-state index contributed by atoms with van der Waals surface area (Å²) >= 11 is 0. The van der Waals surface area contributed by atoms with E-state index in [1.54, 1.807) is 68.4 Å². The molecule has 3 aromatic rings. The van der Waals surface area contributed by atoms with Crippen LogP contribution >= 0.6 is 0 Å². The van der Waals surface area contributed by atoms with Crippen molar-refractivity contribution >= 4 is 45.9 Å². The maximum Gasteiger partial charge on any atom is 0.306 e. The molecule has 0 spiro atoms. The number of anilines is 1. The molecule has 2 heterocycles. The molecule has 2 aromatic carbocycles. The Morgan fingerprint density at radius 3 is 2.44 bits per heavy atom. The Morgan fingerprint density at radius 2 is 1.71 bits per heavy atom. The van der Waals surface area contributed by atoms with Gasteiger partial charge in [0.1, 0.15) is 12.6 Å². The number of rotatable bonds is 12. The lowest BCUT2D eigenvalue weighted by Crippen LogP contribution is -2.70. The number of carbonyl (C=O) groups excluding carboxylic acids is 5. The summed E-state index contributed by atoms with van der Waals surface area (Å²) in [5, 5.41) is 16.7. The van der Waals surface area contributed by atoms with E-state index in [9.17, 15) is 29.1 Å². The number of esters is 2. The van der Waals surface area contributed by atoms with Crippen LogP contribution in [0.25, 0.3) is 10.8 Å². The van der Waals surface area contributed by atoms with Crippen LogP contribution in [-0.2, 0) is 49.5 Å². The van der Waals surface area contributed by atoms with E-state index in [1.165, 1.54) is 12.2 Å². The number of Topliss-reactive ketones (excluding diaryl/α,β-unsaturated/α-hetero) is 1. The minimum Gasteiger partial charge on any atom is -0.461 e. The first-order chi connectivity index (χ1) is 29.3. The highest BCUT2D eigenvalue weighted by Gasteiger charge is 2.80. The van der Waals surface area contributed by atoms with Gasteiger partial charge in [-0.25, -0.2) is 4.39 Å². The fourth-order valence-electron chi connectivity index (χ4n) is 11.4. The number of benzene rings is 2. The van der Waals surface area contributed by atoms with Gasteiger partial charge in [-0.15, -0.1) is 0 Å². The topological polar surface area (TPSA) is 171 Å². The maximum absolute atomic E-state index is 17.7. The summed E-state index contributed by atoms with van der Waals surface area (Å²) in [6, 6.07) is 14.0. The van der Waals surface area contributed by atoms with Crippen molar-refractivity contribution in [3.8, 4) is 0 Å². The SMILES string of the molecule is CN(C)C(C(=O)Nc1ccc2cnccc2c1)c1ccc(COC(=O)CCC(=O)OCC(=O)[C@@]23OC(C)(C)O[C@@H]2C[C@H]2C4CCC5=CC(=O)C=CC5(C)[C@@]4(F)[C@@H](O)C[C@@]23C)cc1. The lowest BCUT2D eigenvalue weighted by Gasteiger charge is -2.62. The minimum atomic E-state index is -2.10. The van der Waals surface area contributed by atoms with Gasteiger partial charge in [0.05, 0.1) is 25.0 Å². The summed E-state index contributed by atoms with van der Waals surface area (Å²) in [6.45, 7) is 6.23. The molecular weight excluding hydrogens is 798 g/mol. The number of pyridine rings is 1. The predicted octanol–water partition coefficient (Wildman–Crippen LogP) is 6.28. The van der Waals surface area contributed by atoms with Crippen molar-refractivity contribution < 1.29 is 52.4 Å². The van der Waals surface area contributed by atoms with Crippen LogP contribution in [0.5, 0.6) is 0 Å². The standard InChI is InChI=1S/C48H54FN3O10/c1-44(2)61-39-23-36-35-14-12-32-22-34(53)17-19-45(32,3)47(35,49)37(54)24-46(36,4)48(39,62-44)38(55)27-60-41(57)16-15-40(56)59-26-28-7-9-29(10-8-28)42(52(5)6)43(58)51-33-13-11-31-25-50-20-18-30(31)21-33/h7-11,13,17-22,25,35-37,39,42,54H,12,14-16,23-24,26-27H2,1-6H3,(H,51,58)/t35?,36-,37-,39+,42?,45?,46-,47-,48+/m0/s1. The van der Waals surface area contributed by atoms with Gasteiger partial charge in [0, 0.05) is 40.2 Å². The van der Waals surface area contributed by atoms with Crippen molar-refractivity contribution in [2.75, 3.05) is 26.0 Å². The smallest absolute Gasteiger partial charge is 0.306 e. The Hall–Kier alpha value is -5.15. The van der Waals surface area contributed by atoms with Crippen LogP contribution in [0, 0.1) is 22.7 Å². The van der Waals surface area contributed by atoms with Crippen molar-refractivity contribution in [1.29, 1.82) is 0 Å². The van der Waals surface area contributed by atoms with E-state index >= 15 is 4.39 Å². The fourth-order valence-corrected chi connectivity index (χ4v) is 11.4. The van der Waals surface area contributed by atoms with Crippen molar-refractivity contribution in [1.82, 2.24) is 9.88 Å². The number of likely N-dealkylation sites (N-methyl/N-ethyl adjacent to an activating group) is 1. The second kappa shape index (κ2) is 15.9. The summed E-state index contributed by atoms with van der Waals surface area (Å²) in [5.41, 5.74) is -3.30. The Bertz CT molecular complexity index is 2380. The molecule has 0 bridgehead atoms. The molecule has 1 amide bonds. The van der Waals surface area contributed by atoms with E-state index < -0.39 is 82.3 Å². The number of carbonyl (C=O) groups is 5. The number of aromatic nitrogens is 1. The third-order valence-electron chi connectivity index (χ3n) is 14.3. The first-order valence-electron chi connectivity index (χ1n) is 21.2. The number of hydrogen-bond donors (Lipinski definition) is 2. The van der Waals surface area contributed by atoms with Crippen LogP contribution < -0.4 is 5.32 Å². The second-order valence-electron chi connectivity index (χ2n) is 18.6. The van der Waals surface area contributed by atoms with Gasteiger partial charge in [0.2, 0.25) is 11.7 Å². The number of allylic oxidation sites excluding steroid dienone is 4. The van der Waals surface area contributed by atoms with Gasteiger partial charge in [0.15, 0.2) is 29.4 Å². The van der Waals surface area contributed by atoms with E-state index in [0.717, 1.165) is 16.3 Å². The zero-order chi connectivity index (χ0) is 44.4. The van der Waals surface area contributed by atoms with E-state index in [2.05, 4.69) is 10.3 Å². The van der Waals surface area contributed by atoms with Crippen molar-refractivity contribution in [3.05, 3.63) is 95.9 Å². The molecule has 1 aromatic heterocycles. The highest BCUT2D eigenvalue weighted by molar-refractivity contribution is 6.01. The molecule has 0 radical (unpaired) electrons. The Kier molecular flexibility index (Phi) is 11.1. The summed E-state index contributed by atoms with van der Waals surface area (Å²) in [4.78, 5) is 71.7.